The molecule has 1 saturated carbocycles. The van der Waals surface area contributed by atoms with Crippen LogP contribution in [0.1, 0.15) is 32.6 Å². The van der Waals surface area contributed by atoms with Gasteiger partial charge in [-0.3, -0.25) is 4.79 Å². The summed E-state index contributed by atoms with van der Waals surface area (Å²) < 4.78 is 18.3. The van der Waals surface area contributed by atoms with E-state index in [4.69, 9.17) is 16.3 Å². The summed E-state index contributed by atoms with van der Waals surface area (Å²) in [5, 5.41) is 0.178. The van der Waals surface area contributed by atoms with Crippen molar-refractivity contribution in [2.75, 3.05) is 13.7 Å². The topological polar surface area (TPSA) is 29.5 Å². The molecule has 0 radical (unpaired) electrons. The van der Waals surface area contributed by atoms with Crippen molar-refractivity contribution in [1.82, 2.24) is 4.90 Å². The van der Waals surface area contributed by atoms with Crippen LogP contribution in [0.5, 0.6) is 5.75 Å². The number of nitrogens with zero attached hydrogens (tertiary/aromatic N) is 1. The SMILES string of the molecule is CC1CCC(N(C)C(=O)COc2ccc(F)cc2Cl)CC1. The van der Waals surface area contributed by atoms with E-state index in [0.29, 0.717) is 11.8 Å². The lowest BCUT2D eigenvalue weighted by Gasteiger charge is -2.33. The molecule has 1 amide bonds. The van der Waals surface area contributed by atoms with E-state index in [9.17, 15) is 9.18 Å². The van der Waals surface area contributed by atoms with Gasteiger partial charge in [-0.05, 0) is 49.8 Å². The number of halogens is 2. The van der Waals surface area contributed by atoms with Gasteiger partial charge in [0, 0.05) is 13.1 Å². The molecule has 0 spiro atoms. The fourth-order valence-electron chi connectivity index (χ4n) is 2.67. The predicted octanol–water partition coefficient (Wildman–Crippen LogP) is 3.90. The number of hydrogen-bond acceptors (Lipinski definition) is 2. The van der Waals surface area contributed by atoms with E-state index in [1.54, 1.807) is 4.90 Å². The van der Waals surface area contributed by atoms with Gasteiger partial charge in [0.25, 0.3) is 5.91 Å². The third kappa shape index (κ3) is 4.34. The Balaban J connectivity index is 1.86. The molecule has 2 rings (SSSR count). The molecule has 1 aliphatic rings. The molecule has 5 heteroatoms. The molecule has 1 fully saturated rings. The molecule has 116 valence electrons. The summed E-state index contributed by atoms with van der Waals surface area (Å²) in [6, 6.07) is 4.17. The lowest BCUT2D eigenvalue weighted by Crippen LogP contribution is -2.41. The molecule has 0 aromatic heterocycles. The van der Waals surface area contributed by atoms with Crippen molar-refractivity contribution >= 4 is 17.5 Å². The highest BCUT2D eigenvalue weighted by atomic mass is 35.5. The van der Waals surface area contributed by atoms with E-state index in [-0.39, 0.29) is 17.5 Å². The van der Waals surface area contributed by atoms with Crippen molar-refractivity contribution in [3.63, 3.8) is 0 Å². The maximum absolute atomic E-state index is 12.9. The molecule has 1 aliphatic carbocycles. The van der Waals surface area contributed by atoms with Gasteiger partial charge >= 0.3 is 0 Å². The van der Waals surface area contributed by atoms with Crippen LogP contribution in [0.25, 0.3) is 0 Å². The van der Waals surface area contributed by atoms with Crippen LogP contribution in [-0.2, 0) is 4.79 Å². The van der Waals surface area contributed by atoms with Crippen LogP contribution in [0.4, 0.5) is 4.39 Å². The summed E-state index contributed by atoms with van der Waals surface area (Å²) in [5.41, 5.74) is 0. The summed E-state index contributed by atoms with van der Waals surface area (Å²) >= 11 is 5.87. The van der Waals surface area contributed by atoms with Crippen LogP contribution < -0.4 is 4.74 Å². The first-order chi connectivity index (χ1) is 9.97. The molecule has 0 bridgehead atoms. The number of carbonyl (C=O) groups excluding carboxylic acids is 1. The molecule has 0 aliphatic heterocycles. The van der Waals surface area contributed by atoms with Gasteiger partial charge in [-0.15, -0.1) is 0 Å². The summed E-state index contributed by atoms with van der Waals surface area (Å²) in [5.74, 6) is 0.582. The minimum absolute atomic E-state index is 0.0741. The molecule has 0 saturated heterocycles. The van der Waals surface area contributed by atoms with Crippen LogP contribution in [0.3, 0.4) is 0 Å². The van der Waals surface area contributed by atoms with E-state index < -0.39 is 5.82 Å². The summed E-state index contributed by atoms with van der Waals surface area (Å²) in [6.45, 7) is 2.17. The van der Waals surface area contributed by atoms with Gasteiger partial charge in [-0.1, -0.05) is 18.5 Å². The molecule has 21 heavy (non-hydrogen) atoms. The van der Waals surface area contributed by atoms with E-state index in [1.807, 2.05) is 7.05 Å². The van der Waals surface area contributed by atoms with Gasteiger partial charge in [0.1, 0.15) is 11.6 Å². The van der Waals surface area contributed by atoms with Crippen LogP contribution in [-0.4, -0.2) is 30.5 Å². The Labute approximate surface area is 130 Å². The number of rotatable bonds is 4. The highest BCUT2D eigenvalue weighted by Crippen LogP contribution is 2.27. The number of ether oxygens (including phenoxy) is 1. The zero-order chi connectivity index (χ0) is 15.4. The van der Waals surface area contributed by atoms with Crippen molar-refractivity contribution in [3.8, 4) is 5.75 Å². The van der Waals surface area contributed by atoms with Crippen LogP contribution in [0.15, 0.2) is 18.2 Å². The van der Waals surface area contributed by atoms with Crippen molar-refractivity contribution in [1.29, 1.82) is 0 Å². The molecule has 0 atom stereocenters. The Kier molecular flexibility index (Phi) is 5.45. The zero-order valence-electron chi connectivity index (χ0n) is 12.4. The fourth-order valence-corrected chi connectivity index (χ4v) is 2.89. The van der Waals surface area contributed by atoms with Gasteiger partial charge in [0.2, 0.25) is 0 Å². The number of amides is 1. The second kappa shape index (κ2) is 7.12. The molecule has 0 heterocycles. The molecule has 0 N–H and O–H groups in total. The Morgan fingerprint density at radius 1 is 1.38 bits per heavy atom. The second-order valence-electron chi connectivity index (χ2n) is 5.78. The molecule has 3 nitrogen and oxygen atoms in total. The maximum Gasteiger partial charge on any atom is 0.260 e. The van der Waals surface area contributed by atoms with Crippen LogP contribution in [0.2, 0.25) is 5.02 Å². The van der Waals surface area contributed by atoms with Crippen molar-refractivity contribution in [2.45, 2.75) is 38.6 Å². The van der Waals surface area contributed by atoms with Gasteiger partial charge < -0.3 is 9.64 Å². The Morgan fingerprint density at radius 3 is 2.67 bits per heavy atom. The van der Waals surface area contributed by atoms with Gasteiger partial charge in [0.15, 0.2) is 6.61 Å². The molecular weight excluding hydrogens is 293 g/mol. The maximum atomic E-state index is 12.9. The highest BCUT2D eigenvalue weighted by molar-refractivity contribution is 6.32. The average molecular weight is 314 g/mol. The minimum atomic E-state index is -0.424. The highest BCUT2D eigenvalue weighted by Gasteiger charge is 2.25. The average Bonchev–Trinajstić information content (AvgIpc) is 2.46. The summed E-state index contributed by atoms with van der Waals surface area (Å²) in [6.07, 6.45) is 4.40. The minimum Gasteiger partial charge on any atom is -0.482 e. The first-order valence-corrected chi connectivity index (χ1v) is 7.68. The second-order valence-corrected chi connectivity index (χ2v) is 6.19. The molecule has 0 unspecified atom stereocenters. The zero-order valence-corrected chi connectivity index (χ0v) is 13.2. The Morgan fingerprint density at radius 2 is 2.05 bits per heavy atom. The van der Waals surface area contributed by atoms with Gasteiger partial charge in [0.05, 0.1) is 5.02 Å². The van der Waals surface area contributed by atoms with Gasteiger partial charge in [-0.2, -0.15) is 0 Å². The van der Waals surface area contributed by atoms with Crippen molar-refractivity contribution < 1.29 is 13.9 Å². The van der Waals surface area contributed by atoms with Crippen molar-refractivity contribution in [3.05, 3.63) is 29.0 Å². The third-order valence-corrected chi connectivity index (χ3v) is 4.47. The largest absolute Gasteiger partial charge is 0.482 e. The van der Waals surface area contributed by atoms with E-state index in [1.165, 1.54) is 18.2 Å². The summed E-state index contributed by atoms with van der Waals surface area (Å²) in [7, 11) is 1.82. The third-order valence-electron chi connectivity index (χ3n) is 4.17. The normalized spacial score (nSPS) is 21.9. The number of benzene rings is 1. The number of carbonyl (C=O) groups is 1. The first-order valence-electron chi connectivity index (χ1n) is 7.31. The molecular formula is C16H21ClFNO2. The number of hydrogen-bond donors (Lipinski definition) is 0. The predicted molar refractivity (Wildman–Crippen MR) is 81.1 cm³/mol. The molecule has 1 aromatic rings. The Hall–Kier alpha value is -1.29. The standard InChI is InChI=1S/C16H21ClFNO2/c1-11-3-6-13(7-4-11)19(2)16(20)10-21-15-8-5-12(18)9-14(15)17/h5,8-9,11,13H,3-4,6-7,10H2,1-2H3. The van der Waals surface area contributed by atoms with Crippen LogP contribution >= 0.6 is 11.6 Å². The van der Waals surface area contributed by atoms with E-state index in [2.05, 4.69) is 6.92 Å². The van der Waals surface area contributed by atoms with Gasteiger partial charge in [-0.25, -0.2) is 4.39 Å². The smallest absolute Gasteiger partial charge is 0.260 e. The quantitative estimate of drug-likeness (QED) is 0.844. The van der Waals surface area contributed by atoms with E-state index >= 15 is 0 Å². The van der Waals surface area contributed by atoms with Crippen LogP contribution in [0, 0.1) is 11.7 Å². The monoisotopic (exact) mass is 313 g/mol. The fraction of sp³-hybridized carbons (Fsp3) is 0.562. The lowest BCUT2D eigenvalue weighted by molar-refractivity contribution is -0.134. The Bertz CT molecular complexity index is 501. The lowest BCUT2D eigenvalue weighted by atomic mass is 9.87. The summed E-state index contributed by atoms with van der Waals surface area (Å²) in [4.78, 5) is 13.9. The number of likely N-dealkylation sites (N-methyl/N-ethyl adjacent to an activating group) is 1. The molecule has 1 aromatic carbocycles. The van der Waals surface area contributed by atoms with Crippen molar-refractivity contribution in [2.24, 2.45) is 5.92 Å². The first kappa shape index (κ1) is 16.1. The van der Waals surface area contributed by atoms with E-state index in [0.717, 1.165) is 31.6 Å².